The molecule has 0 aliphatic carbocycles. The molecule has 1 aromatic carbocycles. The number of carbonyl (C=O) groups is 2. The van der Waals surface area contributed by atoms with Gasteiger partial charge in [0.05, 0.1) is 16.1 Å². The average Bonchev–Trinajstić information content (AvgIpc) is 2.89. The summed E-state index contributed by atoms with van der Waals surface area (Å²) in [7, 11) is 0. The number of urea groups is 1. The third-order valence-corrected chi connectivity index (χ3v) is 4.95. The number of nitrogens with zero attached hydrogens (tertiary/aromatic N) is 2. The standard InChI is InChI=1S/C15H16FN3O3S/c1-8-6-12-11(7-10(8)16)17-14(23-12)18-15(22)19-4-2-9(3-5-19)13(20)21/h6-7,9H,2-5H2,1H3,(H,20,21)(H,17,18,22). The number of aliphatic carboxylic acids is 1. The van der Waals surface area contributed by atoms with Crippen LogP contribution in [0.1, 0.15) is 18.4 Å². The number of nitrogens with one attached hydrogen (secondary N) is 1. The van der Waals surface area contributed by atoms with Gasteiger partial charge in [0.1, 0.15) is 5.82 Å². The molecule has 2 heterocycles. The molecule has 8 heteroatoms. The zero-order valence-corrected chi connectivity index (χ0v) is 13.3. The average molecular weight is 337 g/mol. The van der Waals surface area contributed by atoms with Crippen LogP contribution in [0.5, 0.6) is 0 Å². The predicted octanol–water partition coefficient (Wildman–Crippen LogP) is 3.07. The molecule has 0 radical (unpaired) electrons. The van der Waals surface area contributed by atoms with E-state index >= 15 is 0 Å². The van der Waals surface area contributed by atoms with Crippen LogP contribution in [-0.2, 0) is 4.79 Å². The molecule has 1 aliphatic rings. The molecular formula is C15H16FN3O3S. The maximum atomic E-state index is 13.5. The molecule has 23 heavy (non-hydrogen) atoms. The van der Waals surface area contributed by atoms with Crippen LogP contribution in [0.25, 0.3) is 10.2 Å². The van der Waals surface area contributed by atoms with Crippen LogP contribution < -0.4 is 5.32 Å². The number of anilines is 1. The van der Waals surface area contributed by atoms with Crippen molar-refractivity contribution in [2.45, 2.75) is 19.8 Å². The topological polar surface area (TPSA) is 82.5 Å². The van der Waals surface area contributed by atoms with Gasteiger partial charge in [-0.3, -0.25) is 10.1 Å². The molecule has 1 saturated heterocycles. The molecule has 0 saturated carbocycles. The molecular weight excluding hydrogens is 321 g/mol. The molecule has 6 nitrogen and oxygen atoms in total. The summed E-state index contributed by atoms with van der Waals surface area (Å²) < 4.78 is 14.3. The minimum absolute atomic E-state index is 0.301. The van der Waals surface area contributed by atoms with Crippen molar-refractivity contribution < 1.29 is 19.1 Å². The Kier molecular flexibility index (Phi) is 4.16. The number of likely N-dealkylation sites (tertiary alicyclic amines) is 1. The van der Waals surface area contributed by atoms with Crippen molar-refractivity contribution in [1.29, 1.82) is 0 Å². The fraction of sp³-hybridized carbons (Fsp3) is 0.400. The number of carboxylic acid groups (broad SMARTS) is 1. The number of benzene rings is 1. The number of aryl methyl sites for hydroxylation is 1. The summed E-state index contributed by atoms with van der Waals surface area (Å²) in [4.78, 5) is 28.9. The highest BCUT2D eigenvalue weighted by molar-refractivity contribution is 7.22. The van der Waals surface area contributed by atoms with Crippen molar-refractivity contribution in [2.24, 2.45) is 5.92 Å². The Morgan fingerprint density at radius 3 is 2.74 bits per heavy atom. The number of carboxylic acids is 1. The lowest BCUT2D eigenvalue weighted by molar-refractivity contribution is -0.143. The molecule has 2 aromatic rings. The first kappa shape index (κ1) is 15.7. The van der Waals surface area contributed by atoms with E-state index in [-0.39, 0.29) is 17.8 Å². The number of amides is 2. The summed E-state index contributed by atoms with van der Waals surface area (Å²) in [6.07, 6.45) is 0.903. The number of thiazole rings is 1. The highest BCUT2D eigenvalue weighted by atomic mass is 32.1. The number of hydrogen-bond acceptors (Lipinski definition) is 4. The van der Waals surface area contributed by atoms with Crippen molar-refractivity contribution in [3.05, 3.63) is 23.5 Å². The Morgan fingerprint density at radius 1 is 1.39 bits per heavy atom. The first-order valence-corrected chi connectivity index (χ1v) is 8.11. The molecule has 1 aliphatic heterocycles. The van der Waals surface area contributed by atoms with Crippen molar-refractivity contribution in [3.63, 3.8) is 0 Å². The maximum absolute atomic E-state index is 13.5. The van der Waals surface area contributed by atoms with Gasteiger partial charge < -0.3 is 10.0 Å². The van der Waals surface area contributed by atoms with Gasteiger partial charge in [-0.05, 0) is 31.4 Å². The van der Waals surface area contributed by atoms with Crippen LogP contribution >= 0.6 is 11.3 Å². The van der Waals surface area contributed by atoms with Crippen LogP contribution in [0.15, 0.2) is 12.1 Å². The lowest BCUT2D eigenvalue weighted by atomic mass is 9.97. The normalized spacial score (nSPS) is 15.8. The van der Waals surface area contributed by atoms with E-state index in [1.165, 1.54) is 17.4 Å². The number of hydrogen-bond donors (Lipinski definition) is 2. The van der Waals surface area contributed by atoms with Crippen molar-refractivity contribution >= 4 is 38.7 Å². The van der Waals surface area contributed by atoms with E-state index < -0.39 is 5.97 Å². The third-order valence-electron chi connectivity index (χ3n) is 4.01. The van der Waals surface area contributed by atoms with Crippen LogP contribution in [0.4, 0.5) is 14.3 Å². The third kappa shape index (κ3) is 3.26. The van der Waals surface area contributed by atoms with Crippen LogP contribution in [0.3, 0.4) is 0 Å². The number of fused-ring (bicyclic) bond motifs is 1. The van der Waals surface area contributed by atoms with E-state index in [1.807, 2.05) is 0 Å². The Labute approximate surface area is 135 Å². The lowest BCUT2D eigenvalue weighted by Crippen LogP contribution is -2.42. The Bertz CT molecular complexity index is 730. The van der Waals surface area contributed by atoms with Crippen molar-refractivity contribution in [1.82, 2.24) is 9.88 Å². The quantitative estimate of drug-likeness (QED) is 0.882. The summed E-state index contributed by atoms with van der Waals surface area (Å²) in [5.74, 6) is -1.52. The predicted molar refractivity (Wildman–Crippen MR) is 85.3 cm³/mol. The zero-order valence-electron chi connectivity index (χ0n) is 12.5. The number of piperidine rings is 1. The van der Waals surface area contributed by atoms with Crippen LogP contribution in [0, 0.1) is 18.7 Å². The van der Waals surface area contributed by atoms with Gasteiger partial charge >= 0.3 is 12.0 Å². The summed E-state index contributed by atoms with van der Waals surface area (Å²) in [5, 5.41) is 12.1. The largest absolute Gasteiger partial charge is 0.481 e. The summed E-state index contributed by atoms with van der Waals surface area (Å²) in [6.45, 7) is 2.49. The summed E-state index contributed by atoms with van der Waals surface area (Å²) >= 11 is 1.29. The van der Waals surface area contributed by atoms with Crippen molar-refractivity contribution in [3.8, 4) is 0 Å². The highest BCUT2D eigenvalue weighted by Gasteiger charge is 2.27. The summed E-state index contributed by atoms with van der Waals surface area (Å²) in [5.41, 5.74) is 1.05. The first-order valence-electron chi connectivity index (χ1n) is 7.29. The van der Waals surface area contributed by atoms with E-state index in [2.05, 4.69) is 10.3 Å². The van der Waals surface area contributed by atoms with E-state index in [0.717, 1.165) is 4.70 Å². The van der Waals surface area contributed by atoms with Gasteiger partial charge in [0.25, 0.3) is 0 Å². The molecule has 0 bridgehead atoms. The Morgan fingerprint density at radius 2 is 2.09 bits per heavy atom. The van der Waals surface area contributed by atoms with Gasteiger partial charge in [-0.1, -0.05) is 11.3 Å². The van der Waals surface area contributed by atoms with Gasteiger partial charge in [0, 0.05) is 19.2 Å². The van der Waals surface area contributed by atoms with E-state index in [4.69, 9.17) is 5.11 Å². The number of carbonyl (C=O) groups excluding carboxylic acids is 1. The van der Waals surface area contributed by atoms with Crippen LogP contribution in [0.2, 0.25) is 0 Å². The van der Waals surface area contributed by atoms with Gasteiger partial charge in [-0.15, -0.1) is 0 Å². The zero-order chi connectivity index (χ0) is 16.6. The highest BCUT2D eigenvalue weighted by Crippen LogP contribution is 2.28. The van der Waals surface area contributed by atoms with Gasteiger partial charge in [-0.2, -0.15) is 0 Å². The second-order valence-electron chi connectivity index (χ2n) is 5.62. The molecule has 2 amide bonds. The maximum Gasteiger partial charge on any atom is 0.323 e. The fourth-order valence-electron chi connectivity index (χ4n) is 2.60. The smallest absolute Gasteiger partial charge is 0.323 e. The monoisotopic (exact) mass is 337 g/mol. The molecule has 0 atom stereocenters. The minimum atomic E-state index is -0.811. The molecule has 2 N–H and O–H groups in total. The van der Waals surface area contributed by atoms with Gasteiger partial charge in [-0.25, -0.2) is 14.2 Å². The Balaban J connectivity index is 1.67. The van der Waals surface area contributed by atoms with Gasteiger partial charge in [0.15, 0.2) is 5.13 Å². The fourth-order valence-corrected chi connectivity index (χ4v) is 3.54. The lowest BCUT2D eigenvalue weighted by Gasteiger charge is -2.29. The summed E-state index contributed by atoms with van der Waals surface area (Å²) in [6, 6.07) is 2.76. The Hall–Kier alpha value is -2.22. The SMILES string of the molecule is Cc1cc2sc(NC(=O)N3CCC(C(=O)O)CC3)nc2cc1F. The van der Waals surface area contributed by atoms with Gasteiger partial charge in [0.2, 0.25) is 0 Å². The van der Waals surface area contributed by atoms with E-state index in [9.17, 15) is 14.0 Å². The number of rotatable bonds is 2. The van der Waals surface area contributed by atoms with E-state index in [0.29, 0.717) is 42.1 Å². The molecule has 1 aromatic heterocycles. The number of aromatic nitrogens is 1. The molecule has 0 spiro atoms. The molecule has 122 valence electrons. The molecule has 3 rings (SSSR count). The second-order valence-corrected chi connectivity index (χ2v) is 6.65. The molecule has 1 fully saturated rings. The van der Waals surface area contributed by atoms with Crippen molar-refractivity contribution in [2.75, 3.05) is 18.4 Å². The molecule has 0 unspecified atom stereocenters. The second kappa shape index (κ2) is 6.11. The minimum Gasteiger partial charge on any atom is -0.481 e. The van der Waals surface area contributed by atoms with E-state index in [1.54, 1.807) is 17.9 Å². The first-order chi connectivity index (χ1) is 10.9. The number of halogens is 1. The van der Waals surface area contributed by atoms with Crippen LogP contribution in [-0.4, -0.2) is 40.1 Å².